The molecule has 1 heterocycles. The molecule has 28 heavy (non-hydrogen) atoms. The molecule has 0 aliphatic rings. The number of amides is 3. The van der Waals surface area contributed by atoms with Crippen LogP contribution in [0.5, 0.6) is 0 Å². The highest BCUT2D eigenvalue weighted by Gasteiger charge is 2.34. The van der Waals surface area contributed by atoms with Gasteiger partial charge in [0.05, 0.1) is 6.04 Å². The molecule has 0 aliphatic carbocycles. The van der Waals surface area contributed by atoms with Gasteiger partial charge in [-0.25, -0.2) is 9.97 Å². The van der Waals surface area contributed by atoms with E-state index in [-0.39, 0.29) is 11.6 Å². The Balaban J connectivity index is 2.83. The predicted molar refractivity (Wildman–Crippen MR) is 103 cm³/mol. The first kappa shape index (κ1) is 23.2. The van der Waals surface area contributed by atoms with Crippen LogP contribution in [0.15, 0.2) is 18.6 Å². The van der Waals surface area contributed by atoms with Crippen molar-refractivity contribution in [3.05, 3.63) is 24.3 Å². The van der Waals surface area contributed by atoms with E-state index in [0.717, 1.165) is 0 Å². The number of hydrogen-bond donors (Lipinski definition) is 3. The monoisotopic (exact) mass is 391 g/mol. The number of aromatic nitrogens is 2. The van der Waals surface area contributed by atoms with Crippen LogP contribution in [0.2, 0.25) is 0 Å². The van der Waals surface area contributed by atoms with Crippen LogP contribution in [0.25, 0.3) is 0 Å². The molecular formula is C19H29N5O4. The van der Waals surface area contributed by atoms with Gasteiger partial charge in [-0.2, -0.15) is 0 Å². The van der Waals surface area contributed by atoms with E-state index in [1.165, 1.54) is 25.5 Å². The number of nitrogens with one attached hydrogen (secondary N) is 3. The second-order valence-electron chi connectivity index (χ2n) is 8.01. The number of rotatable bonds is 8. The zero-order valence-corrected chi connectivity index (χ0v) is 17.1. The SMILES string of the molecule is CC(C)[C@@H](C=O)NC(=O)[C@H](C)NC(=O)[C@@H](NC(=O)c1ccncn1)C(C)(C)C. The number of aldehydes is 1. The van der Waals surface area contributed by atoms with Crippen LogP contribution in [0.3, 0.4) is 0 Å². The Bertz CT molecular complexity index is 700. The fraction of sp³-hybridized carbons (Fsp3) is 0.579. The Morgan fingerprint density at radius 2 is 1.68 bits per heavy atom. The van der Waals surface area contributed by atoms with Gasteiger partial charge in [-0.15, -0.1) is 0 Å². The Labute approximate surface area is 165 Å². The van der Waals surface area contributed by atoms with Crippen LogP contribution in [-0.2, 0) is 14.4 Å². The van der Waals surface area contributed by atoms with Crippen molar-refractivity contribution in [3.63, 3.8) is 0 Å². The first-order chi connectivity index (χ1) is 13.0. The van der Waals surface area contributed by atoms with E-state index in [1.807, 2.05) is 0 Å². The molecule has 0 fully saturated rings. The van der Waals surface area contributed by atoms with Gasteiger partial charge in [0.1, 0.15) is 30.4 Å². The van der Waals surface area contributed by atoms with Crippen LogP contribution in [0, 0.1) is 11.3 Å². The summed E-state index contributed by atoms with van der Waals surface area (Å²) in [6, 6.07) is -0.983. The van der Waals surface area contributed by atoms with Crippen molar-refractivity contribution in [3.8, 4) is 0 Å². The summed E-state index contributed by atoms with van der Waals surface area (Å²) in [5, 5.41) is 7.85. The normalized spacial score (nSPS) is 14.5. The van der Waals surface area contributed by atoms with Gasteiger partial charge >= 0.3 is 0 Å². The van der Waals surface area contributed by atoms with E-state index in [1.54, 1.807) is 34.6 Å². The first-order valence-corrected chi connectivity index (χ1v) is 9.10. The third-order valence-corrected chi connectivity index (χ3v) is 4.14. The molecule has 3 N–H and O–H groups in total. The lowest BCUT2D eigenvalue weighted by Crippen LogP contribution is -2.58. The molecule has 0 saturated heterocycles. The molecule has 0 saturated carbocycles. The van der Waals surface area contributed by atoms with Crippen LogP contribution >= 0.6 is 0 Å². The summed E-state index contributed by atoms with van der Waals surface area (Å²) in [5.41, 5.74) is -0.486. The molecule has 3 atom stereocenters. The lowest BCUT2D eigenvalue weighted by Gasteiger charge is -2.31. The Kier molecular flexibility index (Phi) is 8.21. The van der Waals surface area contributed by atoms with Crippen LogP contribution in [-0.4, -0.2) is 52.1 Å². The van der Waals surface area contributed by atoms with Crippen molar-refractivity contribution in [2.45, 2.75) is 59.7 Å². The highest BCUT2D eigenvalue weighted by Crippen LogP contribution is 2.20. The van der Waals surface area contributed by atoms with Gasteiger partial charge in [0.25, 0.3) is 5.91 Å². The van der Waals surface area contributed by atoms with E-state index >= 15 is 0 Å². The summed E-state index contributed by atoms with van der Waals surface area (Å²) < 4.78 is 0. The maximum Gasteiger partial charge on any atom is 0.270 e. The minimum absolute atomic E-state index is 0.0705. The molecule has 0 unspecified atom stereocenters. The summed E-state index contributed by atoms with van der Waals surface area (Å²) in [6.07, 6.45) is 3.33. The lowest BCUT2D eigenvalue weighted by atomic mass is 9.85. The minimum atomic E-state index is -0.905. The largest absolute Gasteiger partial charge is 0.345 e. The third kappa shape index (κ3) is 6.71. The molecule has 1 aromatic rings. The summed E-state index contributed by atoms with van der Waals surface area (Å²) >= 11 is 0. The van der Waals surface area contributed by atoms with E-state index in [0.29, 0.717) is 6.29 Å². The van der Waals surface area contributed by atoms with Crippen LogP contribution in [0.1, 0.15) is 52.0 Å². The van der Waals surface area contributed by atoms with E-state index in [2.05, 4.69) is 25.9 Å². The molecule has 1 aromatic heterocycles. The molecule has 0 bridgehead atoms. The molecule has 1 rings (SSSR count). The molecule has 154 valence electrons. The number of carbonyl (C=O) groups excluding carboxylic acids is 4. The standard InChI is InChI=1S/C19H29N5O4/c1-11(2)14(9-25)23-16(26)12(3)22-18(28)15(19(4,5)6)24-17(27)13-7-8-20-10-21-13/h7-12,14-15H,1-6H3,(H,22,28)(H,23,26)(H,24,27)/t12-,14+,15+/m0/s1. The van der Waals surface area contributed by atoms with Crippen molar-refractivity contribution >= 4 is 24.0 Å². The van der Waals surface area contributed by atoms with E-state index in [9.17, 15) is 19.2 Å². The van der Waals surface area contributed by atoms with Gasteiger partial charge in [-0.3, -0.25) is 14.4 Å². The van der Waals surface area contributed by atoms with Crippen molar-refractivity contribution in [2.24, 2.45) is 11.3 Å². The molecule has 0 spiro atoms. The van der Waals surface area contributed by atoms with Crippen LogP contribution < -0.4 is 16.0 Å². The quantitative estimate of drug-likeness (QED) is 0.552. The molecule has 0 radical (unpaired) electrons. The molecular weight excluding hydrogens is 362 g/mol. The van der Waals surface area contributed by atoms with Crippen molar-refractivity contribution < 1.29 is 19.2 Å². The van der Waals surface area contributed by atoms with E-state index in [4.69, 9.17) is 0 Å². The maximum absolute atomic E-state index is 12.8. The average molecular weight is 391 g/mol. The average Bonchev–Trinajstić information content (AvgIpc) is 2.62. The number of carbonyl (C=O) groups is 4. The van der Waals surface area contributed by atoms with Gasteiger partial charge in [-0.1, -0.05) is 34.6 Å². The van der Waals surface area contributed by atoms with Crippen molar-refractivity contribution in [2.75, 3.05) is 0 Å². The topological polar surface area (TPSA) is 130 Å². The second-order valence-corrected chi connectivity index (χ2v) is 8.01. The lowest BCUT2D eigenvalue weighted by molar-refractivity contribution is -0.131. The first-order valence-electron chi connectivity index (χ1n) is 9.10. The highest BCUT2D eigenvalue weighted by molar-refractivity contribution is 5.97. The smallest absolute Gasteiger partial charge is 0.270 e. The number of nitrogens with zero attached hydrogens (tertiary/aromatic N) is 2. The van der Waals surface area contributed by atoms with Crippen molar-refractivity contribution in [1.82, 2.24) is 25.9 Å². The number of hydrogen-bond acceptors (Lipinski definition) is 6. The maximum atomic E-state index is 12.8. The Morgan fingerprint density at radius 1 is 1.04 bits per heavy atom. The molecule has 9 heteroatoms. The Hall–Kier alpha value is -2.84. The highest BCUT2D eigenvalue weighted by atomic mass is 16.2. The molecule has 0 aromatic carbocycles. The fourth-order valence-electron chi connectivity index (χ4n) is 2.31. The zero-order chi connectivity index (χ0) is 21.5. The van der Waals surface area contributed by atoms with Gasteiger partial charge in [-0.05, 0) is 24.3 Å². The summed E-state index contributed by atoms with van der Waals surface area (Å²) in [5.74, 6) is -1.58. The summed E-state index contributed by atoms with van der Waals surface area (Å²) in [7, 11) is 0. The predicted octanol–water partition coefficient (Wildman–Crippen LogP) is 0.466. The fourth-order valence-corrected chi connectivity index (χ4v) is 2.31. The minimum Gasteiger partial charge on any atom is -0.345 e. The Morgan fingerprint density at radius 3 is 2.14 bits per heavy atom. The molecule has 3 amide bonds. The van der Waals surface area contributed by atoms with Gasteiger partial charge < -0.3 is 20.7 Å². The third-order valence-electron chi connectivity index (χ3n) is 4.14. The second kappa shape index (κ2) is 9.91. The van der Waals surface area contributed by atoms with Gasteiger partial charge in [0.2, 0.25) is 11.8 Å². The van der Waals surface area contributed by atoms with Crippen LogP contribution in [0.4, 0.5) is 0 Å². The van der Waals surface area contributed by atoms with Gasteiger partial charge in [0.15, 0.2) is 0 Å². The summed E-state index contributed by atoms with van der Waals surface area (Å²) in [6.45, 7) is 10.5. The van der Waals surface area contributed by atoms with Crippen molar-refractivity contribution in [1.29, 1.82) is 0 Å². The molecule has 0 aliphatic heterocycles. The van der Waals surface area contributed by atoms with E-state index < -0.39 is 41.3 Å². The molecule has 9 nitrogen and oxygen atoms in total. The van der Waals surface area contributed by atoms with Gasteiger partial charge in [0, 0.05) is 6.20 Å². The summed E-state index contributed by atoms with van der Waals surface area (Å²) in [4.78, 5) is 56.1. The zero-order valence-electron chi connectivity index (χ0n) is 17.1.